The Morgan fingerprint density at radius 1 is 0.971 bits per heavy atom. The Morgan fingerprint density at radius 3 is 2.06 bits per heavy atom. The zero-order chi connectivity index (χ0) is 25.4. The number of benzene rings is 2. The van der Waals surface area contributed by atoms with E-state index in [0.29, 0.717) is 19.3 Å². The summed E-state index contributed by atoms with van der Waals surface area (Å²) < 4.78 is 5.62. The molecule has 0 saturated heterocycles. The second kappa shape index (κ2) is 11.9. The van der Waals surface area contributed by atoms with Crippen molar-refractivity contribution in [3.63, 3.8) is 0 Å². The first-order chi connectivity index (χ1) is 16.8. The summed E-state index contributed by atoms with van der Waals surface area (Å²) >= 11 is 0. The summed E-state index contributed by atoms with van der Waals surface area (Å²) in [6.07, 6.45) is 1.67. The standard InChI is InChI=1S/C28H36N2O5/c1-4-11-19(16-25(31)32)30-26(33)28(5-2,6-3)18-29-27(34)35-17-24-22-14-9-7-12-20(22)21-13-8-10-15-23(21)24/h7-10,12-15,19,24H,4-6,11,16-18H2,1-3H3,(H,29,34)(H,30,33)(H,31,32)/t19-/m1/s1. The molecule has 0 aliphatic heterocycles. The lowest BCUT2D eigenvalue weighted by Crippen LogP contribution is -2.51. The highest BCUT2D eigenvalue weighted by Crippen LogP contribution is 2.44. The summed E-state index contributed by atoms with van der Waals surface area (Å²) in [5.74, 6) is -1.22. The summed E-state index contributed by atoms with van der Waals surface area (Å²) in [4.78, 5) is 37.0. The molecule has 2 aromatic carbocycles. The van der Waals surface area contributed by atoms with Crippen LogP contribution in [-0.4, -0.2) is 42.3 Å². The van der Waals surface area contributed by atoms with Gasteiger partial charge in [0.05, 0.1) is 11.8 Å². The molecule has 3 N–H and O–H groups in total. The van der Waals surface area contributed by atoms with Gasteiger partial charge in [-0.1, -0.05) is 75.7 Å². The molecule has 2 aromatic rings. The first kappa shape index (κ1) is 26.3. The third kappa shape index (κ3) is 6.02. The fourth-order valence-corrected chi connectivity index (χ4v) is 4.92. The molecule has 7 heteroatoms. The first-order valence-electron chi connectivity index (χ1n) is 12.5. The number of carboxylic acid groups (broad SMARTS) is 1. The number of hydrogen-bond acceptors (Lipinski definition) is 4. The van der Waals surface area contributed by atoms with Gasteiger partial charge in [0.2, 0.25) is 5.91 Å². The zero-order valence-corrected chi connectivity index (χ0v) is 20.8. The molecular formula is C28H36N2O5. The van der Waals surface area contributed by atoms with E-state index in [1.54, 1.807) is 0 Å². The van der Waals surface area contributed by atoms with Crippen LogP contribution in [0.2, 0.25) is 0 Å². The van der Waals surface area contributed by atoms with Crippen molar-refractivity contribution in [3.05, 3.63) is 59.7 Å². The molecule has 1 aliphatic carbocycles. The summed E-state index contributed by atoms with van der Waals surface area (Å²) in [5.41, 5.74) is 3.76. The molecule has 0 unspecified atom stereocenters. The van der Waals surface area contributed by atoms with Crippen LogP contribution in [0.1, 0.15) is 69.9 Å². The third-order valence-corrected chi connectivity index (χ3v) is 7.14. The average molecular weight is 481 g/mol. The normalized spacial score (nSPS) is 13.5. The highest BCUT2D eigenvalue weighted by Gasteiger charge is 2.37. The van der Waals surface area contributed by atoms with E-state index in [0.717, 1.165) is 28.7 Å². The topological polar surface area (TPSA) is 105 Å². The number of carbonyl (C=O) groups is 3. The van der Waals surface area contributed by atoms with Gasteiger partial charge in [-0.3, -0.25) is 9.59 Å². The van der Waals surface area contributed by atoms with Crippen molar-refractivity contribution in [3.8, 4) is 11.1 Å². The van der Waals surface area contributed by atoms with Gasteiger partial charge in [0.25, 0.3) is 0 Å². The van der Waals surface area contributed by atoms with Gasteiger partial charge in [-0.25, -0.2) is 4.79 Å². The van der Waals surface area contributed by atoms with Crippen LogP contribution in [0.5, 0.6) is 0 Å². The highest BCUT2D eigenvalue weighted by molar-refractivity contribution is 5.84. The SMILES string of the molecule is CCC[C@H](CC(=O)O)NC(=O)C(CC)(CC)CNC(=O)OCC1c2ccccc2-c2ccccc21. The fourth-order valence-electron chi connectivity index (χ4n) is 4.92. The minimum atomic E-state index is -0.945. The summed E-state index contributed by atoms with van der Waals surface area (Å²) in [6.45, 7) is 6.07. The Hall–Kier alpha value is -3.35. The predicted octanol–water partition coefficient (Wildman–Crippen LogP) is 5.09. The Balaban J connectivity index is 1.62. The van der Waals surface area contributed by atoms with Crippen LogP contribution in [-0.2, 0) is 14.3 Å². The number of amides is 2. The van der Waals surface area contributed by atoms with Crippen LogP contribution in [0.4, 0.5) is 4.79 Å². The lowest BCUT2D eigenvalue weighted by Gasteiger charge is -2.32. The molecule has 1 aliphatic rings. The average Bonchev–Trinajstić information content (AvgIpc) is 3.17. The number of ether oxygens (including phenoxy) is 1. The van der Waals surface area contributed by atoms with Gasteiger partial charge >= 0.3 is 12.1 Å². The van der Waals surface area contributed by atoms with Gasteiger partial charge in [-0.15, -0.1) is 0 Å². The molecule has 0 saturated carbocycles. The second-order valence-corrected chi connectivity index (χ2v) is 9.22. The number of aliphatic carboxylic acids is 1. The maximum Gasteiger partial charge on any atom is 0.407 e. The van der Waals surface area contributed by atoms with E-state index >= 15 is 0 Å². The molecule has 0 aromatic heterocycles. The van der Waals surface area contributed by atoms with Crippen molar-refractivity contribution in [2.45, 2.75) is 64.8 Å². The summed E-state index contributed by atoms with van der Waals surface area (Å²) in [5, 5.41) is 14.9. The summed E-state index contributed by atoms with van der Waals surface area (Å²) in [6, 6.07) is 15.9. The minimum absolute atomic E-state index is 0.0376. The van der Waals surface area contributed by atoms with Gasteiger partial charge in [0.15, 0.2) is 0 Å². The fraction of sp³-hybridized carbons (Fsp3) is 0.464. The highest BCUT2D eigenvalue weighted by atomic mass is 16.5. The molecule has 3 rings (SSSR count). The summed E-state index contributed by atoms with van der Waals surface area (Å²) in [7, 11) is 0. The number of carboxylic acids is 1. The number of carbonyl (C=O) groups excluding carboxylic acids is 2. The van der Waals surface area contributed by atoms with Crippen molar-refractivity contribution in [1.82, 2.24) is 10.6 Å². The number of hydrogen-bond donors (Lipinski definition) is 3. The van der Waals surface area contributed by atoms with Crippen LogP contribution in [0.15, 0.2) is 48.5 Å². The van der Waals surface area contributed by atoms with E-state index in [1.807, 2.05) is 45.0 Å². The molecule has 2 amide bonds. The van der Waals surface area contributed by atoms with Crippen molar-refractivity contribution in [2.24, 2.45) is 5.41 Å². The molecule has 0 bridgehead atoms. The van der Waals surface area contributed by atoms with Crippen LogP contribution < -0.4 is 10.6 Å². The molecule has 35 heavy (non-hydrogen) atoms. The van der Waals surface area contributed by atoms with Crippen molar-refractivity contribution >= 4 is 18.0 Å². The van der Waals surface area contributed by atoms with Gasteiger partial charge in [-0.05, 0) is 41.5 Å². The second-order valence-electron chi connectivity index (χ2n) is 9.22. The minimum Gasteiger partial charge on any atom is -0.481 e. The van der Waals surface area contributed by atoms with E-state index in [4.69, 9.17) is 9.84 Å². The van der Waals surface area contributed by atoms with Crippen LogP contribution >= 0.6 is 0 Å². The van der Waals surface area contributed by atoms with Gasteiger partial charge in [-0.2, -0.15) is 0 Å². The zero-order valence-electron chi connectivity index (χ0n) is 20.8. The number of rotatable bonds is 12. The molecule has 0 spiro atoms. The molecule has 7 nitrogen and oxygen atoms in total. The molecule has 1 atom stereocenters. The maximum atomic E-state index is 13.2. The van der Waals surface area contributed by atoms with Crippen molar-refractivity contribution in [2.75, 3.05) is 13.2 Å². The lowest BCUT2D eigenvalue weighted by molar-refractivity contribution is -0.138. The van der Waals surface area contributed by atoms with Gasteiger partial charge in [0.1, 0.15) is 6.61 Å². The Bertz CT molecular complexity index is 1000. The van der Waals surface area contributed by atoms with E-state index in [9.17, 15) is 14.4 Å². The Kier molecular flexibility index (Phi) is 8.90. The Morgan fingerprint density at radius 2 is 1.54 bits per heavy atom. The molecule has 0 radical (unpaired) electrons. The third-order valence-electron chi connectivity index (χ3n) is 7.14. The van der Waals surface area contributed by atoms with Crippen LogP contribution in [0, 0.1) is 5.41 Å². The first-order valence-corrected chi connectivity index (χ1v) is 12.5. The van der Waals surface area contributed by atoms with Crippen molar-refractivity contribution < 1.29 is 24.2 Å². The molecule has 0 heterocycles. The quantitative estimate of drug-likeness (QED) is 0.392. The van der Waals surface area contributed by atoms with E-state index < -0.39 is 23.5 Å². The Labute approximate surface area is 207 Å². The number of fused-ring (bicyclic) bond motifs is 3. The monoisotopic (exact) mass is 480 g/mol. The van der Waals surface area contributed by atoms with Gasteiger partial charge < -0.3 is 20.5 Å². The molecular weight excluding hydrogens is 444 g/mol. The van der Waals surface area contributed by atoms with Crippen molar-refractivity contribution in [1.29, 1.82) is 0 Å². The molecule has 0 fully saturated rings. The van der Waals surface area contributed by atoms with Gasteiger partial charge in [0, 0.05) is 18.5 Å². The van der Waals surface area contributed by atoms with Crippen LogP contribution in [0.25, 0.3) is 11.1 Å². The number of nitrogens with one attached hydrogen (secondary N) is 2. The smallest absolute Gasteiger partial charge is 0.407 e. The maximum absolute atomic E-state index is 13.2. The lowest BCUT2D eigenvalue weighted by atomic mass is 9.80. The van der Waals surface area contributed by atoms with Crippen LogP contribution in [0.3, 0.4) is 0 Å². The largest absolute Gasteiger partial charge is 0.481 e. The van der Waals surface area contributed by atoms with E-state index in [2.05, 4.69) is 34.9 Å². The molecule has 188 valence electrons. The predicted molar refractivity (Wildman–Crippen MR) is 135 cm³/mol. The van der Waals surface area contributed by atoms with E-state index in [1.165, 1.54) is 0 Å². The number of alkyl carbamates (subject to hydrolysis) is 1. The van der Waals surface area contributed by atoms with E-state index in [-0.39, 0.29) is 31.4 Å².